The minimum absolute atomic E-state index is 0.513. The number of ether oxygens (including phenoxy) is 1. The molecular weight excluding hydrogens is 256 g/mol. The number of pyridine rings is 1. The van der Waals surface area contributed by atoms with Gasteiger partial charge in [0, 0.05) is 20.2 Å². The topological polar surface area (TPSA) is 25.4 Å². The standard InChI is InChI=1S/C11H17BrN2O/c1-8(2)7-15-10-6-5-9(14(3)4)11(12)13-10/h5-6,8H,7H2,1-4H3. The second kappa shape index (κ2) is 5.35. The van der Waals surface area contributed by atoms with Crippen LogP contribution in [-0.2, 0) is 0 Å². The van der Waals surface area contributed by atoms with Crippen molar-refractivity contribution in [1.29, 1.82) is 0 Å². The smallest absolute Gasteiger partial charge is 0.214 e. The summed E-state index contributed by atoms with van der Waals surface area (Å²) < 4.78 is 6.34. The van der Waals surface area contributed by atoms with Gasteiger partial charge in [-0.05, 0) is 27.9 Å². The summed E-state index contributed by atoms with van der Waals surface area (Å²) in [6.45, 7) is 4.92. The fourth-order valence-electron chi connectivity index (χ4n) is 1.08. The molecule has 0 saturated heterocycles. The number of halogens is 1. The van der Waals surface area contributed by atoms with E-state index in [9.17, 15) is 0 Å². The van der Waals surface area contributed by atoms with Crippen molar-refractivity contribution in [2.24, 2.45) is 5.92 Å². The monoisotopic (exact) mass is 272 g/mol. The van der Waals surface area contributed by atoms with Crippen LogP contribution < -0.4 is 9.64 Å². The predicted octanol–water partition coefficient (Wildman–Crippen LogP) is 2.94. The Balaban J connectivity index is 2.73. The molecule has 4 heteroatoms. The summed E-state index contributed by atoms with van der Waals surface area (Å²) in [6, 6.07) is 3.88. The van der Waals surface area contributed by atoms with Crippen LogP contribution in [0.25, 0.3) is 0 Å². The first-order valence-corrected chi connectivity index (χ1v) is 5.76. The number of hydrogen-bond acceptors (Lipinski definition) is 3. The van der Waals surface area contributed by atoms with Gasteiger partial charge in [-0.1, -0.05) is 13.8 Å². The second-order valence-corrected chi connectivity index (χ2v) is 4.81. The first-order valence-electron chi connectivity index (χ1n) is 4.97. The molecule has 1 aromatic heterocycles. The molecule has 0 atom stereocenters. The van der Waals surface area contributed by atoms with Gasteiger partial charge in [0.25, 0.3) is 0 Å². The van der Waals surface area contributed by atoms with E-state index in [4.69, 9.17) is 4.74 Å². The molecule has 0 saturated carbocycles. The van der Waals surface area contributed by atoms with E-state index in [2.05, 4.69) is 34.8 Å². The fraction of sp³-hybridized carbons (Fsp3) is 0.545. The molecule has 1 heterocycles. The molecule has 3 nitrogen and oxygen atoms in total. The lowest BCUT2D eigenvalue weighted by Gasteiger charge is -2.15. The molecule has 84 valence electrons. The van der Waals surface area contributed by atoms with Crippen LogP contribution in [0.5, 0.6) is 5.88 Å². The third-order valence-electron chi connectivity index (χ3n) is 1.85. The molecule has 0 spiro atoms. The molecule has 0 aliphatic carbocycles. The molecule has 0 aliphatic heterocycles. The lowest BCUT2D eigenvalue weighted by molar-refractivity contribution is 0.261. The Morgan fingerprint density at radius 2 is 2.07 bits per heavy atom. The summed E-state index contributed by atoms with van der Waals surface area (Å²) in [7, 11) is 3.97. The Labute approximate surface area is 99.6 Å². The van der Waals surface area contributed by atoms with Crippen LogP contribution >= 0.6 is 15.9 Å². The van der Waals surface area contributed by atoms with E-state index in [-0.39, 0.29) is 0 Å². The van der Waals surface area contributed by atoms with Crippen molar-refractivity contribution in [2.45, 2.75) is 13.8 Å². The third-order valence-corrected chi connectivity index (χ3v) is 2.43. The first kappa shape index (κ1) is 12.3. The highest BCUT2D eigenvalue weighted by atomic mass is 79.9. The largest absolute Gasteiger partial charge is 0.477 e. The van der Waals surface area contributed by atoms with Crippen LogP contribution in [0.4, 0.5) is 5.69 Å². The third kappa shape index (κ3) is 3.70. The zero-order valence-electron chi connectivity index (χ0n) is 9.62. The number of anilines is 1. The van der Waals surface area contributed by atoms with Gasteiger partial charge in [0.05, 0.1) is 12.3 Å². The van der Waals surface area contributed by atoms with Gasteiger partial charge in [0.1, 0.15) is 4.60 Å². The van der Waals surface area contributed by atoms with E-state index >= 15 is 0 Å². The second-order valence-electron chi connectivity index (χ2n) is 4.06. The quantitative estimate of drug-likeness (QED) is 0.789. The van der Waals surface area contributed by atoms with E-state index in [0.29, 0.717) is 18.4 Å². The normalized spacial score (nSPS) is 10.5. The molecule has 0 aliphatic rings. The lowest BCUT2D eigenvalue weighted by Crippen LogP contribution is -2.11. The van der Waals surface area contributed by atoms with Gasteiger partial charge in [-0.25, -0.2) is 4.98 Å². The molecule has 1 aromatic rings. The highest BCUT2D eigenvalue weighted by molar-refractivity contribution is 9.10. The van der Waals surface area contributed by atoms with Crippen LogP contribution in [0.1, 0.15) is 13.8 Å². The summed E-state index contributed by atoms with van der Waals surface area (Å²) in [5.41, 5.74) is 1.05. The van der Waals surface area contributed by atoms with Crippen molar-refractivity contribution in [3.05, 3.63) is 16.7 Å². The Morgan fingerprint density at radius 1 is 1.40 bits per heavy atom. The average Bonchev–Trinajstić information content (AvgIpc) is 2.14. The molecule has 0 amide bonds. The molecule has 15 heavy (non-hydrogen) atoms. The average molecular weight is 273 g/mol. The maximum Gasteiger partial charge on any atom is 0.214 e. The van der Waals surface area contributed by atoms with Gasteiger partial charge in [0.15, 0.2) is 0 Å². The molecule has 0 N–H and O–H groups in total. The number of aromatic nitrogens is 1. The van der Waals surface area contributed by atoms with Crippen molar-refractivity contribution in [2.75, 3.05) is 25.6 Å². The summed E-state index contributed by atoms with van der Waals surface area (Å²) in [4.78, 5) is 6.32. The maximum atomic E-state index is 5.52. The van der Waals surface area contributed by atoms with Gasteiger partial charge in [-0.2, -0.15) is 0 Å². The van der Waals surface area contributed by atoms with Crippen LogP contribution in [0.3, 0.4) is 0 Å². The Morgan fingerprint density at radius 3 is 2.53 bits per heavy atom. The van der Waals surface area contributed by atoms with E-state index < -0.39 is 0 Å². The van der Waals surface area contributed by atoms with Gasteiger partial charge in [0.2, 0.25) is 5.88 Å². The van der Waals surface area contributed by atoms with Crippen LogP contribution in [0.2, 0.25) is 0 Å². The lowest BCUT2D eigenvalue weighted by atomic mass is 10.2. The van der Waals surface area contributed by atoms with Crippen molar-refractivity contribution in [3.8, 4) is 5.88 Å². The summed E-state index contributed by atoms with van der Waals surface area (Å²) in [5, 5.41) is 0. The summed E-state index contributed by atoms with van der Waals surface area (Å²) >= 11 is 3.42. The Hall–Kier alpha value is -0.770. The van der Waals surface area contributed by atoms with Crippen molar-refractivity contribution in [3.63, 3.8) is 0 Å². The molecule has 0 bridgehead atoms. The molecule has 0 fully saturated rings. The Kier molecular flexibility index (Phi) is 4.39. The summed E-state index contributed by atoms with van der Waals surface area (Å²) in [6.07, 6.45) is 0. The fourth-order valence-corrected chi connectivity index (χ4v) is 1.74. The minimum Gasteiger partial charge on any atom is -0.477 e. The van der Waals surface area contributed by atoms with Crippen molar-refractivity contribution >= 4 is 21.6 Å². The Bertz CT molecular complexity index is 326. The van der Waals surface area contributed by atoms with E-state index in [1.165, 1.54) is 0 Å². The first-order chi connectivity index (χ1) is 7.00. The van der Waals surface area contributed by atoms with Gasteiger partial charge >= 0.3 is 0 Å². The predicted molar refractivity (Wildman–Crippen MR) is 66.6 cm³/mol. The molecule has 1 rings (SSSR count). The zero-order valence-corrected chi connectivity index (χ0v) is 11.2. The number of nitrogens with zero attached hydrogens (tertiary/aromatic N) is 2. The molecular formula is C11H17BrN2O. The van der Waals surface area contributed by atoms with Crippen molar-refractivity contribution in [1.82, 2.24) is 4.98 Å². The maximum absolute atomic E-state index is 5.52. The SMILES string of the molecule is CC(C)COc1ccc(N(C)C)c(Br)n1. The highest BCUT2D eigenvalue weighted by Crippen LogP contribution is 2.25. The van der Waals surface area contributed by atoms with Crippen LogP contribution in [0, 0.1) is 5.92 Å². The number of hydrogen-bond donors (Lipinski definition) is 0. The van der Waals surface area contributed by atoms with E-state index in [0.717, 1.165) is 10.3 Å². The van der Waals surface area contributed by atoms with Gasteiger partial charge < -0.3 is 9.64 Å². The van der Waals surface area contributed by atoms with Crippen LogP contribution in [-0.4, -0.2) is 25.7 Å². The van der Waals surface area contributed by atoms with E-state index in [1.54, 1.807) is 0 Å². The van der Waals surface area contributed by atoms with Crippen molar-refractivity contribution < 1.29 is 4.74 Å². The van der Waals surface area contributed by atoms with Crippen LogP contribution in [0.15, 0.2) is 16.7 Å². The van der Waals surface area contributed by atoms with E-state index in [1.807, 2.05) is 31.1 Å². The van der Waals surface area contributed by atoms with Gasteiger partial charge in [-0.15, -0.1) is 0 Å². The highest BCUT2D eigenvalue weighted by Gasteiger charge is 2.05. The molecule has 0 unspecified atom stereocenters. The molecule has 0 aromatic carbocycles. The number of rotatable bonds is 4. The summed E-state index contributed by atoms with van der Waals surface area (Å²) in [5.74, 6) is 1.18. The van der Waals surface area contributed by atoms with Gasteiger partial charge in [-0.3, -0.25) is 0 Å². The molecule has 0 radical (unpaired) electrons. The minimum atomic E-state index is 0.513. The zero-order chi connectivity index (χ0) is 11.4.